The first-order valence-corrected chi connectivity index (χ1v) is 4.46. The van der Waals surface area contributed by atoms with Crippen LogP contribution in [0, 0.1) is 0 Å². The highest BCUT2D eigenvalue weighted by molar-refractivity contribution is 5.16. The van der Waals surface area contributed by atoms with Crippen LogP contribution in [-0.2, 0) is 0 Å². The van der Waals surface area contributed by atoms with Crippen molar-refractivity contribution in [3.05, 3.63) is 24.5 Å². The Morgan fingerprint density at radius 2 is 2.00 bits per heavy atom. The van der Waals surface area contributed by atoms with E-state index in [1.165, 1.54) is 12.8 Å². The van der Waals surface area contributed by atoms with E-state index in [0.717, 1.165) is 18.8 Å². The highest BCUT2D eigenvalue weighted by atomic mass is 16.5. The Labute approximate surface area is 73.6 Å². The van der Waals surface area contributed by atoms with Crippen LogP contribution in [0.15, 0.2) is 24.5 Å². The van der Waals surface area contributed by atoms with Gasteiger partial charge in [0.15, 0.2) is 0 Å². The molecule has 1 rings (SSSR count). The molecule has 1 aromatic rings. The summed E-state index contributed by atoms with van der Waals surface area (Å²) < 4.78 is 5.47. The fraction of sp³-hybridized carbons (Fsp3) is 0.500. The molecule has 0 aromatic carbocycles. The summed E-state index contributed by atoms with van der Waals surface area (Å²) in [5.74, 6) is 0.918. The van der Waals surface area contributed by atoms with E-state index in [2.05, 4.69) is 11.9 Å². The first kappa shape index (κ1) is 9.04. The maximum absolute atomic E-state index is 5.47. The lowest BCUT2D eigenvalue weighted by molar-refractivity contribution is 0.306. The molecule has 0 aliphatic rings. The second-order valence-electron chi connectivity index (χ2n) is 2.74. The fourth-order valence-corrected chi connectivity index (χ4v) is 0.977. The molecule has 0 radical (unpaired) electrons. The third kappa shape index (κ3) is 3.37. The number of unbranched alkanes of at least 4 members (excludes halogenated alkanes) is 2. The molecule has 0 amide bonds. The average Bonchev–Trinajstić information content (AvgIpc) is 2.14. The first-order valence-electron chi connectivity index (χ1n) is 4.46. The van der Waals surface area contributed by atoms with Gasteiger partial charge in [0.1, 0.15) is 5.75 Å². The minimum absolute atomic E-state index is 0.817. The number of hydrogen-bond donors (Lipinski definition) is 0. The van der Waals surface area contributed by atoms with Crippen LogP contribution >= 0.6 is 0 Å². The molecule has 0 bridgehead atoms. The maximum atomic E-state index is 5.47. The van der Waals surface area contributed by atoms with E-state index in [9.17, 15) is 0 Å². The molecular weight excluding hydrogens is 150 g/mol. The SMILES string of the molecule is CCCCCOc1ccncc1. The van der Waals surface area contributed by atoms with Gasteiger partial charge in [-0.25, -0.2) is 0 Å². The summed E-state index contributed by atoms with van der Waals surface area (Å²) >= 11 is 0. The zero-order valence-corrected chi connectivity index (χ0v) is 7.49. The Kier molecular flexibility index (Phi) is 4.21. The van der Waals surface area contributed by atoms with Crippen LogP contribution in [0.4, 0.5) is 0 Å². The van der Waals surface area contributed by atoms with Crippen molar-refractivity contribution in [2.75, 3.05) is 6.61 Å². The quantitative estimate of drug-likeness (QED) is 0.626. The molecule has 0 N–H and O–H groups in total. The molecular formula is C10H15NO. The van der Waals surface area contributed by atoms with Crippen molar-refractivity contribution in [3.63, 3.8) is 0 Å². The van der Waals surface area contributed by atoms with Crippen LogP contribution in [0.2, 0.25) is 0 Å². The number of aromatic nitrogens is 1. The highest BCUT2D eigenvalue weighted by Gasteiger charge is 1.90. The number of hydrogen-bond acceptors (Lipinski definition) is 2. The predicted molar refractivity (Wildman–Crippen MR) is 49.3 cm³/mol. The molecule has 0 aliphatic heterocycles. The number of rotatable bonds is 5. The minimum Gasteiger partial charge on any atom is -0.493 e. The van der Waals surface area contributed by atoms with Gasteiger partial charge in [-0.1, -0.05) is 19.8 Å². The Bertz CT molecular complexity index is 198. The Morgan fingerprint density at radius 1 is 1.25 bits per heavy atom. The van der Waals surface area contributed by atoms with Crippen LogP contribution < -0.4 is 4.74 Å². The molecule has 0 fully saturated rings. The molecule has 1 aromatic heterocycles. The van der Waals surface area contributed by atoms with Crippen molar-refractivity contribution in [2.45, 2.75) is 26.2 Å². The molecule has 1 heterocycles. The normalized spacial score (nSPS) is 9.75. The number of nitrogens with zero attached hydrogens (tertiary/aromatic N) is 1. The molecule has 0 aliphatic carbocycles. The second kappa shape index (κ2) is 5.58. The van der Waals surface area contributed by atoms with Crippen LogP contribution in [0.1, 0.15) is 26.2 Å². The van der Waals surface area contributed by atoms with E-state index in [1.807, 2.05) is 12.1 Å². The zero-order valence-electron chi connectivity index (χ0n) is 7.49. The minimum atomic E-state index is 0.817. The van der Waals surface area contributed by atoms with E-state index in [4.69, 9.17) is 4.74 Å². The molecule has 0 saturated heterocycles. The third-order valence-corrected chi connectivity index (χ3v) is 1.67. The van der Waals surface area contributed by atoms with Gasteiger partial charge in [0.2, 0.25) is 0 Å². The van der Waals surface area contributed by atoms with Crippen molar-refractivity contribution in [1.29, 1.82) is 0 Å². The summed E-state index contributed by atoms with van der Waals surface area (Å²) in [6, 6.07) is 3.76. The summed E-state index contributed by atoms with van der Waals surface area (Å²) in [5.41, 5.74) is 0. The number of ether oxygens (including phenoxy) is 1. The molecule has 0 unspecified atom stereocenters. The van der Waals surface area contributed by atoms with Crippen LogP contribution in [0.3, 0.4) is 0 Å². The molecule has 0 spiro atoms. The van der Waals surface area contributed by atoms with Crippen LogP contribution in [-0.4, -0.2) is 11.6 Å². The topological polar surface area (TPSA) is 22.1 Å². The van der Waals surface area contributed by atoms with Crippen LogP contribution in [0.25, 0.3) is 0 Å². The highest BCUT2D eigenvalue weighted by Crippen LogP contribution is 2.07. The smallest absolute Gasteiger partial charge is 0.122 e. The average molecular weight is 165 g/mol. The van der Waals surface area contributed by atoms with Gasteiger partial charge in [-0.2, -0.15) is 0 Å². The maximum Gasteiger partial charge on any atom is 0.122 e. The Morgan fingerprint density at radius 3 is 2.67 bits per heavy atom. The predicted octanol–water partition coefficient (Wildman–Crippen LogP) is 2.65. The summed E-state index contributed by atoms with van der Waals surface area (Å²) in [6.45, 7) is 3.00. The van der Waals surface area contributed by atoms with Crippen molar-refractivity contribution in [3.8, 4) is 5.75 Å². The third-order valence-electron chi connectivity index (χ3n) is 1.67. The summed E-state index contributed by atoms with van der Waals surface area (Å²) in [6.07, 6.45) is 7.11. The Balaban J connectivity index is 2.16. The van der Waals surface area contributed by atoms with E-state index >= 15 is 0 Å². The van der Waals surface area contributed by atoms with Crippen molar-refractivity contribution in [1.82, 2.24) is 4.98 Å². The molecule has 66 valence electrons. The van der Waals surface area contributed by atoms with Gasteiger partial charge in [0, 0.05) is 12.4 Å². The van der Waals surface area contributed by atoms with E-state index in [-0.39, 0.29) is 0 Å². The van der Waals surface area contributed by atoms with Gasteiger partial charge in [-0.05, 0) is 18.6 Å². The van der Waals surface area contributed by atoms with Gasteiger partial charge < -0.3 is 4.74 Å². The lowest BCUT2D eigenvalue weighted by atomic mass is 10.3. The zero-order chi connectivity index (χ0) is 8.65. The van der Waals surface area contributed by atoms with E-state index in [0.29, 0.717) is 0 Å². The van der Waals surface area contributed by atoms with Crippen molar-refractivity contribution >= 4 is 0 Å². The summed E-state index contributed by atoms with van der Waals surface area (Å²) in [4.78, 5) is 3.91. The summed E-state index contributed by atoms with van der Waals surface area (Å²) in [5, 5.41) is 0. The largest absolute Gasteiger partial charge is 0.493 e. The van der Waals surface area contributed by atoms with Gasteiger partial charge in [-0.3, -0.25) is 4.98 Å². The lowest BCUT2D eigenvalue weighted by Crippen LogP contribution is -1.96. The fourth-order valence-electron chi connectivity index (χ4n) is 0.977. The van der Waals surface area contributed by atoms with Crippen molar-refractivity contribution < 1.29 is 4.74 Å². The molecule has 2 nitrogen and oxygen atoms in total. The van der Waals surface area contributed by atoms with Gasteiger partial charge in [-0.15, -0.1) is 0 Å². The number of pyridine rings is 1. The monoisotopic (exact) mass is 165 g/mol. The lowest BCUT2D eigenvalue weighted by Gasteiger charge is -2.03. The van der Waals surface area contributed by atoms with Crippen LogP contribution in [0.5, 0.6) is 5.75 Å². The van der Waals surface area contributed by atoms with Crippen molar-refractivity contribution in [2.24, 2.45) is 0 Å². The molecule has 0 saturated carbocycles. The standard InChI is InChI=1S/C10H15NO/c1-2-3-4-9-12-10-5-7-11-8-6-10/h5-8H,2-4,9H2,1H3. The Hall–Kier alpha value is -1.05. The van der Waals surface area contributed by atoms with Gasteiger partial charge in [0.05, 0.1) is 6.61 Å². The van der Waals surface area contributed by atoms with E-state index in [1.54, 1.807) is 12.4 Å². The van der Waals surface area contributed by atoms with Gasteiger partial charge >= 0.3 is 0 Å². The first-order chi connectivity index (χ1) is 5.93. The van der Waals surface area contributed by atoms with Gasteiger partial charge in [0.25, 0.3) is 0 Å². The molecule has 12 heavy (non-hydrogen) atoms. The molecule has 2 heteroatoms. The second-order valence-corrected chi connectivity index (χ2v) is 2.74. The summed E-state index contributed by atoms with van der Waals surface area (Å²) in [7, 11) is 0. The van der Waals surface area contributed by atoms with E-state index < -0.39 is 0 Å². The molecule has 0 atom stereocenters.